The van der Waals surface area contributed by atoms with E-state index in [1.54, 1.807) is 23.1 Å². The molecule has 0 atom stereocenters. The molecule has 4 N–H and O–H groups in total. The summed E-state index contributed by atoms with van der Waals surface area (Å²) in [7, 11) is 0. The van der Waals surface area contributed by atoms with Gasteiger partial charge < -0.3 is 30.7 Å². The van der Waals surface area contributed by atoms with Gasteiger partial charge in [0.15, 0.2) is 5.69 Å². The van der Waals surface area contributed by atoms with E-state index in [1.807, 2.05) is 28.0 Å². The van der Waals surface area contributed by atoms with Gasteiger partial charge in [0.1, 0.15) is 17.2 Å². The van der Waals surface area contributed by atoms with Gasteiger partial charge in [-0.15, -0.1) is 0 Å². The summed E-state index contributed by atoms with van der Waals surface area (Å²) < 4.78 is 56.2. The summed E-state index contributed by atoms with van der Waals surface area (Å²) in [5.74, 6) is -2.72. The quantitative estimate of drug-likeness (QED) is 0.208. The van der Waals surface area contributed by atoms with Crippen LogP contribution in [0, 0.1) is 11.7 Å². The molecular formula is C40H40F4N10O5. The number of hydrogen-bond acceptors (Lipinski definition) is 9. The number of primary amides is 1. The minimum Gasteiger partial charge on any atom is -0.369 e. The number of urea groups is 1. The standard InChI is InChI=1S/C40H40F4N10O5/c41-28-22-25(39(13-14-39)53-17-12-33(55)48-38(53)59)4-9-31(28)51-15-10-24(11-16-51)37(58)52-20-18-50(19-21-52)26-5-7-27(8-6-26)54-23-30(34(49-54)35(45)56)47-36(57)29-2-1-3-32(46-29)40(42,43)44/h1-9,22-24H,10-21H2,(H2,45,56)(H,47,57)(H,48,55,59). The number of pyridine rings is 1. The lowest BCUT2D eigenvalue weighted by atomic mass is 9.94. The van der Waals surface area contributed by atoms with E-state index in [2.05, 4.69) is 25.6 Å². The summed E-state index contributed by atoms with van der Waals surface area (Å²) in [6.07, 6.45) is -0.613. The zero-order valence-electron chi connectivity index (χ0n) is 31.7. The molecule has 0 unspecified atom stereocenters. The van der Waals surface area contributed by atoms with Crippen LogP contribution in [0.25, 0.3) is 5.69 Å². The first-order chi connectivity index (χ1) is 28.2. The Morgan fingerprint density at radius 3 is 2.19 bits per heavy atom. The maximum atomic E-state index is 15.6. The Labute approximate surface area is 335 Å². The third kappa shape index (κ3) is 7.88. The molecule has 1 saturated carbocycles. The van der Waals surface area contributed by atoms with E-state index in [9.17, 15) is 37.1 Å². The number of alkyl halides is 3. The average Bonchev–Trinajstić information content (AvgIpc) is 3.92. The molecule has 8 rings (SSSR count). The van der Waals surface area contributed by atoms with Crippen molar-refractivity contribution in [2.75, 3.05) is 60.9 Å². The number of nitrogens with one attached hydrogen (secondary N) is 2. The Balaban J connectivity index is 0.836. The van der Waals surface area contributed by atoms with Gasteiger partial charge in [0.05, 0.1) is 28.8 Å². The number of amides is 6. The first-order valence-electron chi connectivity index (χ1n) is 19.3. The molecular weight excluding hydrogens is 776 g/mol. The Hall–Kier alpha value is -6.53. The number of carbonyl (C=O) groups is 5. The Morgan fingerprint density at radius 1 is 0.864 bits per heavy atom. The fourth-order valence-electron chi connectivity index (χ4n) is 8.17. The molecule has 4 fully saturated rings. The lowest BCUT2D eigenvalue weighted by molar-refractivity contribution is -0.141. The number of imide groups is 1. The number of nitrogens with two attached hydrogens (primary N) is 1. The van der Waals surface area contributed by atoms with Crippen molar-refractivity contribution < 1.29 is 41.5 Å². The van der Waals surface area contributed by atoms with E-state index in [1.165, 1.54) is 16.9 Å². The number of hydrogen-bond donors (Lipinski definition) is 3. The van der Waals surface area contributed by atoms with Crippen molar-refractivity contribution >= 4 is 46.7 Å². The molecule has 4 aliphatic rings. The van der Waals surface area contributed by atoms with E-state index in [4.69, 9.17) is 5.73 Å². The number of nitrogens with zero attached hydrogens (tertiary/aromatic N) is 7. The molecule has 0 radical (unpaired) electrons. The molecule has 1 aliphatic carbocycles. The largest absolute Gasteiger partial charge is 0.433 e. The first kappa shape index (κ1) is 39.3. The zero-order chi connectivity index (χ0) is 41.6. The monoisotopic (exact) mass is 816 g/mol. The third-order valence-corrected chi connectivity index (χ3v) is 11.5. The number of piperazine rings is 1. The van der Waals surface area contributed by atoms with Crippen LogP contribution in [0.15, 0.2) is 66.9 Å². The summed E-state index contributed by atoms with van der Waals surface area (Å²) in [6, 6.07) is 14.8. The normalized spacial score (nSPS) is 18.4. The minimum absolute atomic E-state index is 0.0834. The van der Waals surface area contributed by atoms with Crippen LogP contribution in [0.2, 0.25) is 0 Å². The van der Waals surface area contributed by atoms with Gasteiger partial charge in [0, 0.05) is 63.8 Å². The number of anilines is 3. The SMILES string of the molecule is NC(=O)c1nn(-c2ccc(N3CCN(C(=O)C4CCN(c5ccc(C6(N7CCC(=O)NC7=O)CC6)cc5F)CC4)CC3)cc2)cc1NC(=O)c1cccc(C(F)(F)F)n1. The van der Waals surface area contributed by atoms with Gasteiger partial charge in [0.2, 0.25) is 11.8 Å². The number of halogens is 4. The van der Waals surface area contributed by atoms with E-state index in [-0.39, 0.29) is 41.4 Å². The maximum absolute atomic E-state index is 15.6. The van der Waals surface area contributed by atoms with E-state index < -0.39 is 40.9 Å². The molecule has 3 aliphatic heterocycles. The van der Waals surface area contributed by atoms with Gasteiger partial charge in [-0.1, -0.05) is 12.1 Å². The van der Waals surface area contributed by atoms with Gasteiger partial charge in [-0.25, -0.2) is 18.9 Å². The molecule has 5 heterocycles. The number of benzene rings is 2. The highest BCUT2D eigenvalue weighted by Gasteiger charge is 2.53. The number of carbonyl (C=O) groups excluding carboxylic acids is 5. The van der Waals surface area contributed by atoms with Crippen LogP contribution in [0.3, 0.4) is 0 Å². The third-order valence-electron chi connectivity index (χ3n) is 11.5. The highest BCUT2D eigenvalue weighted by atomic mass is 19.4. The first-order valence-corrected chi connectivity index (χ1v) is 19.3. The fourth-order valence-corrected chi connectivity index (χ4v) is 8.17. The second-order valence-electron chi connectivity index (χ2n) is 15.1. The van der Waals surface area contributed by atoms with Crippen LogP contribution < -0.4 is 26.2 Å². The second-order valence-corrected chi connectivity index (χ2v) is 15.1. The predicted molar refractivity (Wildman–Crippen MR) is 205 cm³/mol. The molecule has 308 valence electrons. The van der Waals surface area contributed by atoms with Gasteiger partial charge >= 0.3 is 12.2 Å². The topological polar surface area (TPSA) is 179 Å². The van der Waals surface area contributed by atoms with Crippen molar-refractivity contribution in [1.82, 2.24) is 29.9 Å². The summed E-state index contributed by atoms with van der Waals surface area (Å²) in [5.41, 5.74) is 5.33. The smallest absolute Gasteiger partial charge is 0.369 e. The average molecular weight is 817 g/mol. The molecule has 15 nitrogen and oxygen atoms in total. The minimum atomic E-state index is -4.75. The van der Waals surface area contributed by atoms with Crippen LogP contribution in [-0.4, -0.2) is 100 Å². The molecule has 19 heteroatoms. The molecule has 0 bridgehead atoms. The lowest BCUT2D eigenvalue weighted by Gasteiger charge is -2.40. The summed E-state index contributed by atoms with van der Waals surface area (Å²) >= 11 is 0. The van der Waals surface area contributed by atoms with Crippen molar-refractivity contribution in [2.45, 2.75) is 43.8 Å². The number of rotatable bonds is 9. The number of piperidine rings is 1. The zero-order valence-corrected chi connectivity index (χ0v) is 31.7. The van der Waals surface area contributed by atoms with Crippen LogP contribution in [-0.2, 0) is 21.3 Å². The molecule has 6 amide bonds. The second kappa shape index (κ2) is 15.3. The number of aromatic nitrogens is 3. The van der Waals surface area contributed by atoms with Crippen LogP contribution >= 0.6 is 0 Å². The summed E-state index contributed by atoms with van der Waals surface area (Å²) in [4.78, 5) is 73.7. The Bertz CT molecular complexity index is 2310. The summed E-state index contributed by atoms with van der Waals surface area (Å²) in [6.45, 7) is 3.58. The van der Waals surface area contributed by atoms with Crippen molar-refractivity contribution in [2.24, 2.45) is 11.7 Å². The van der Waals surface area contributed by atoms with E-state index >= 15 is 4.39 Å². The highest BCUT2D eigenvalue weighted by molar-refractivity contribution is 6.07. The molecule has 4 aromatic rings. The maximum Gasteiger partial charge on any atom is 0.433 e. The fraction of sp³-hybridized carbons (Fsp3) is 0.375. The summed E-state index contributed by atoms with van der Waals surface area (Å²) in [5, 5.41) is 8.93. The van der Waals surface area contributed by atoms with E-state index in [0.717, 1.165) is 29.4 Å². The van der Waals surface area contributed by atoms with Crippen molar-refractivity contribution in [1.29, 1.82) is 0 Å². The lowest BCUT2D eigenvalue weighted by Crippen LogP contribution is -2.53. The Kier molecular flexibility index (Phi) is 10.2. The van der Waals surface area contributed by atoms with Crippen LogP contribution in [0.4, 0.5) is 39.4 Å². The predicted octanol–water partition coefficient (Wildman–Crippen LogP) is 4.27. The van der Waals surface area contributed by atoms with Crippen molar-refractivity contribution in [3.8, 4) is 5.69 Å². The van der Waals surface area contributed by atoms with Gasteiger partial charge in [-0.05, 0) is 79.8 Å². The van der Waals surface area contributed by atoms with Gasteiger partial charge in [-0.3, -0.25) is 24.5 Å². The molecule has 3 saturated heterocycles. The molecule has 2 aromatic heterocycles. The Morgan fingerprint density at radius 2 is 1.56 bits per heavy atom. The van der Waals surface area contributed by atoms with Crippen LogP contribution in [0.5, 0.6) is 0 Å². The van der Waals surface area contributed by atoms with Gasteiger partial charge in [0.25, 0.3) is 11.8 Å². The highest BCUT2D eigenvalue weighted by Crippen LogP contribution is 2.52. The molecule has 59 heavy (non-hydrogen) atoms. The van der Waals surface area contributed by atoms with Crippen molar-refractivity contribution in [3.05, 3.63) is 95.3 Å². The van der Waals surface area contributed by atoms with E-state index in [0.29, 0.717) is 82.9 Å². The van der Waals surface area contributed by atoms with Crippen LogP contribution in [0.1, 0.15) is 64.3 Å². The van der Waals surface area contributed by atoms with Crippen molar-refractivity contribution in [3.63, 3.8) is 0 Å². The van der Waals surface area contributed by atoms with Gasteiger partial charge in [-0.2, -0.15) is 18.3 Å². The molecule has 2 aromatic carbocycles. The molecule has 0 spiro atoms.